The number of nitrogens with one attached hydrogen (secondary N) is 2. The van der Waals surface area contributed by atoms with Crippen LogP contribution in [0.3, 0.4) is 0 Å². The molecule has 2 aromatic rings. The van der Waals surface area contributed by atoms with Gasteiger partial charge < -0.3 is 15.4 Å². The minimum Gasteiger partial charge on any atom is -0.495 e. The van der Waals surface area contributed by atoms with Gasteiger partial charge >= 0.3 is 0 Å². The van der Waals surface area contributed by atoms with E-state index < -0.39 is 21.9 Å². The van der Waals surface area contributed by atoms with Crippen molar-refractivity contribution in [2.45, 2.75) is 37.1 Å². The van der Waals surface area contributed by atoms with Crippen molar-refractivity contribution in [1.29, 1.82) is 0 Å². The van der Waals surface area contributed by atoms with Gasteiger partial charge in [0.15, 0.2) is 0 Å². The summed E-state index contributed by atoms with van der Waals surface area (Å²) in [7, 11) is -2.29. The van der Waals surface area contributed by atoms with Crippen LogP contribution in [0, 0.1) is 5.82 Å². The topological polar surface area (TPSA) is 87.7 Å². The average molecular weight is 436 g/mol. The van der Waals surface area contributed by atoms with E-state index in [-0.39, 0.29) is 16.6 Å². The van der Waals surface area contributed by atoms with Crippen LogP contribution in [0.15, 0.2) is 47.4 Å². The molecule has 2 aromatic carbocycles. The number of sulfonamides is 1. The molecule has 0 unspecified atom stereocenters. The maximum absolute atomic E-state index is 13.3. The molecule has 162 valence electrons. The smallest absolute Gasteiger partial charge is 0.246 e. The molecule has 30 heavy (non-hydrogen) atoms. The Balaban J connectivity index is 1.78. The van der Waals surface area contributed by atoms with Crippen LogP contribution in [0.5, 0.6) is 5.75 Å². The number of halogens is 1. The van der Waals surface area contributed by atoms with Crippen molar-refractivity contribution in [3.05, 3.63) is 48.3 Å². The zero-order chi connectivity index (χ0) is 21.7. The van der Waals surface area contributed by atoms with Crippen LogP contribution in [0.4, 0.5) is 15.8 Å². The second-order valence-electron chi connectivity index (χ2n) is 7.20. The fourth-order valence-corrected chi connectivity index (χ4v) is 5.04. The van der Waals surface area contributed by atoms with E-state index in [4.69, 9.17) is 4.74 Å². The molecule has 0 aromatic heterocycles. The number of methoxy groups -OCH3 is 1. The summed E-state index contributed by atoms with van der Waals surface area (Å²) in [6.07, 6.45) is 2.68. The summed E-state index contributed by atoms with van der Waals surface area (Å²) >= 11 is 0. The zero-order valence-corrected chi connectivity index (χ0v) is 17.8. The second-order valence-corrected chi connectivity index (χ2v) is 9.10. The zero-order valence-electron chi connectivity index (χ0n) is 17.0. The molecule has 0 spiro atoms. The molecule has 1 saturated heterocycles. The van der Waals surface area contributed by atoms with E-state index in [0.29, 0.717) is 24.5 Å². The third-order valence-corrected chi connectivity index (χ3v) is 6.88. The van der Waals surface area contributed by atoms with Crippen LogP contribution in [0.2, 0.25) is 0 Å². The van der Waals surface area contributed by atoms with Gasteiger partial charge in [0.25, 0.3) is 0 Å². The number of anilines is 2. The average Bonchev–Trinajstić information content (AvgIpc) is 2.74. The van der Waals surface area contributed by atoms with E-state index >= 15 is 0 Å². The molecule has 1 atom stereocenters. The largest absolute Gasteiger partial charge is 0.495 e. The van der Waals surface area contributed by atoms with Gasteiger partial charge in [0.05, 0.1) is 7.11 Å². The van der Waals surface area contributed by atoms with Crippen molar-refractivity contribution in [3.8, 4) is 5.75 Å². The highest BCUT2D eigenvalue weighted by Gasteiger charge is 2.29. The number of benzene rings is 2. The molecule has 0 saturated carbocycles. The summed E-state index contributed by atoms with van der Waals surface area (Å²) in [6, 6.07) is 9.62. The molecule has 1 amide bonds. The van der Waals surface area contributed by atoms with E-state index in [1.54, 1.807) is 25.1 Å². The van der Waals surface area contributed by atoms with Crippen molar-refractivity contribution in [2.75, 3.05) is 30.8 Å². The quantitative estimate of drug-likeness (QED) is 0.696. The second kappa shape index (κ2) is 9.44. The Bertz CT molecular complexity index is 1010. The molecule has 3 rings (SSSR count). The van der Waals surface area contributed by atoms with Gasteiger partial charge in [0.2, 0.25) is 15.9 Å². The van der Waals surface area contributed by atoms with Gasteiger partial charge in [-0.1, -0.05) is 12.5 Å². The van der Waals surface area contributed by atoms with Crippen molar-refractivity contribution in [2.24, 2.45) is 0 Å². The van der Waals surface area contributed by atoms with Crippen LogP contribution >= 0.6 is 0 Å². The van der Waals surface area contributed by atoms with Crippen LogP contribution < -0.4 is 15.4 Å². The number of amides is 1. The van der Waals surface area contributed by atoms with E-state index in [1.165, 1.54) is 35.7 Å². The van der Waals surface area contributed by atoms with Gasteiger partial charge in [-0.05, 0) is 56.2 Å². The van der Waals surface area contributed by atoms with Gasteiger partial charge in [-0.25, -0.2) is 12.8 Å². The lowest BCUT2D eigenvalue weighted by molar-refractivity contribution is -0.116. The predicted octanol–water partition coefficient (Wildman–Crippen LogP) is 3.45. The Morgan fingerprint density at radius 2 is 1.83 bits per heavy atom. The number of piperidine rings is 1. The van der Waals surface area contributed by atoms with Crippen molar-refractivity contribution in [1.82, 2.24) is 4.31 Å². The lowest BCUT2D eigenvalue weighted by Crippen LogP contribution is -2.36. The Labute approximate surface area is 176 Å². The summed E-state index contributed by atoms with van der Waals surface area (Å²) in [6.45, 7) is 2.60. The molecule has 9 heteroatoms. The number of rotatable bonds is 7. The molecule has 0 radical (unpaired) electrons. The highest BCUT2D eigenvalue weighted by Crippen LogP contribution is 2.31. The molecule has 1 heterocycles. The molecular weight excluding hydrogens is 409 g/mol. The first kappa shape index (κ1) is 22.0. The van der Waals surface area contributed by atoms with E-state index in [1.807, 2.05) is 0 Å². The summed E-state index contributed by atoms with van der Waals surface area (Å²) < 4.78 is 46.3. The molecule has 1 fully saturated rings. The third kappa shape index (κ3) is 5.09. The molecule has 1 aliphatic rings. The first-order valence-electron chi connectivity index (χ1n) is 9.82. The number of hydrogen-bond donors (Lipinski definition) is 2. The van der Waals surface area contributed by atoms with Crippen LogP contribution in [0.1, 0.15) is 26.2 Å². The Morgan fingerprint density at radius 3 is 2.50 bits per heavy atom. The van der Waals surface area contributed by atoms with Gasteiger partial charge in [0, 0.05) is 24.5 Å². The van der Waals surface area contributed by atoms with E-state index in [0.717, 1.165) is 19.3 Å². The van der Waals surface area contributed by atoms with Crippen LogP contribution in [-0.4, -0.2) is 44.9 Å². The Kier molecular flexibility index (Phi) is 6.94. The summed E-state index contributed by atoms with van der Waals surface area (Å²) in [5.41, 5.74) is 0.810. The predicted molar refractivity (Wildman–Crippen MR) is 114 cm³/mol. The van der Waals surface area contributed by atoms with Crippen molar-refractivity contribution in [3.63, 3.8) is 0 Å². The maximum Gasteiger partial charge on any atom is 0.246 e. The first-order chi connectivity index (χ1) is 14.3. The highest BCUT2D eigenvalue weighted by atomic mass is 32.2. The van der Waals surface area contributed by atoms with Gasteiger partial charge in [-0.2, -0.15) is 4.31 Å². The fraction of sp³-hybridized carbons (Fsp3) is 0.381. The van der Waals surface area contributed by atoms with Crippen molar-refractivity contribution >= 4 is 27.3 Å². The Morgan fingerprint density at radius 1 is 1.10 bits per heavy atom. The highest BCUT2D eigenvalue weighted by molar-refractivity contribution is 7.89. The molecule has 1 aliphatic heterocycles. The molecule has 0 aliphatic carbocycles. The summed E-state index contributed by atoms with van der Waals surface area (Å²) in [5.74, 6) is -0.573. The Hall–Kier alpha value is -2.65. The summed E-state index contributed by atoms with van der Waals surface area (Å²) in [5, 5.41) is 5.63. The minimum absolute atomic E-state index is 0.0645. The first-order valence-corrected chi connectivity index (χ1v) is 11.3. The number of carbonyl (C=O) groups excluding carboxylic acids is 1. The van der Waals surface area contributed by atoms with Gasteiger partial charge in [-0.15, -0.1) is 0 Å². The third-order valence-electron chi connectivity index (χ3n) is 4.97. The van der Waals surface area contributed by atoms with E-state index in [2.05, 4.69) is 10.6 Å². The van der Waals surface area contributed by atoms with Crippen molar-refractivity contribution < 1.29 is 22.3 Å². The maximum atomic E-state index is 13.3. The van der Waals surface area contributed by atoms with Crippen LogP contribution in [0.25, 0.3) is 0 Å². The minimum atomic E-state index is -3.71. The number of ether oxygens (including phenoxy) is 1. The standard InChI is InChI=1S/C21H26FN3O4S/c1-15(21(26)24-17-8-6-7-16(22)13-17)23-18-9-10-19(29-2)20(14-18)30(27,28)25-11-4-3-5-12-25/h6-10,13-15,23H,3-5,11-12H2,1-2H3,(H,24,26)/t15-/m1/s1. The summed E-state index contributed by atoms with van der Waals surface area (Å²) in [4.78, 5) is 12.5. The van der Waals surface area contributed by atoms with Gasteiger partial charge in [0.1, 0.15) is 22.5 Å². The molecule has 7 nitrogen and oxygen atoms in total. The normalized spacial score (nSPS) is 16.0. The molecule has 2 N–H and O–H groups in total. The van der Waals surface area contributed by atoms with Gasteiger partial charge in [-0.3, -0.25) is 4.79 Å². The number of carbonyl (C=O) groups is 1. The SMILES string of the molecule is COc1ccc(N[C@H](C)C(=O)Nc2cccc(F)c2)cc1S(=O)(=O)N1CCCCC1. The monoisotopic (exact) mass is 435 g/mol. The molecular formula is C21H26FN3O4S. The lowest BCUT2D eigenvalue weighted by atomic mass is 10.2. The van der Waals surface area contributed by atoms with Crippen LogP contribution in [-0.2, 0) is 14.8 Å². The number of hydrogen-bond acceptors (Lipinski definition) is 5. The fourth-order valence-electron chi connectivity index (χ4n) is 3.34. The number of nitrogens with zero attached hydrogens (tertiary/aromatic N) is 1. The van der Waals surface area contributed by atoms with E-state index in [9.17, 15) is 17.6 Å². The lowest BCUT2D eigenvalue weighted by Gasteiger charge is -2.27. The molecule has 0 bridgehead atoms.